The molecule has 0 spiro atoms. The van der Waals surface area contributed by atoms with Crippen LogP contribution in [0.2, 0.25) is 0 Å². The van der Waals surface area contributed by atoms with Crippen molar-refractivity contribution in [3.05, 3.63) is 30.1 Å². The lowest BCUT2D eigenvalue weighted by atomic mass is 9.93. The first kappa shape index (κ1) is 23.1. The first-order valence-electron chi connectivity index (χ1n) is 10.1. The first-order valence-corrected chi connectivity index (χ1v) is 13.4. The van der Waals surface area contributed by atoms with Crippen molar-refractivity contribution in [1.82, 2.24) is 13.9 Å². The van der Waals surface area contributed by atoms with Gasteiger partial charge in [0.05, 0.1) is 11.2 Å². The van der Waals surface area contributed by atoms with Gasteiger partial charge in [-0.3, -0.25) is 4.79 Å². The zero-order chi connectivity index (χ0) is 21.9. The molecular weight excluding hydrogens is 433 g/mol. The highest BCUT2D eigenvalue weighted by Crippen LogP contribution is 2.27. The second-order valence-corrected chi connectivity index (χ2v) is 11.7. The van der Waals surface area contributed by atoms with Crippen molar-refractivity contribution >= 4 is 26.0 Å². The van der Waals surface area contributed by atoms with Crippen LogP contribution in [0.15, 0.2) is 29.2 Å². The van der Waals surface area contributed by atoms with E-state index in [1.165, 1.54) is 16.4 Å². The van der Waals surface area contributed by atoms with Crippen molar-refractivity contribution < 1.29 is 26.0 Å². The van der Waals surface area contributed by atoms with Crippen LogP contribution in [0.3, 0.4) is 0 Å². The largest absolute Gasteiger partial charge is 0.338 e. The molecule has 1 atom stereocenters. The summed E-state index contributed by atoms with van der Waals surface area (Å²) in [6, 6.07) is 4.54. The molecule has 1 aromatic carbocycles. The van der Waals surface area contributed by atoms with Gasteiger partial charge in [0.1, 0.15) is 5.82 Å². The molecule has 2 aliphatic rings. The van der Waals surface area contributed by atoms with Crippen LogP contribution in [0.25, 0.3) is 0 Å². The van der Waals surface area contributed by atoms with E-state index in [1.54, 1.807) is 4.90 Å². The molecule has 2 heterocycles. The molecule has 2 saturated heterocycles. The van der Waals surface area contributed by atoms with E-state index in [0.717, 1.165) is 37.7 Å². The molecule has 0 aromatic heterocycles. The van der Waals surface area contributed by atoms with Crippen molar-refractivity contribution in [2.24, 2.45) is 5.92 Å². The van der Waals surface area contributed by atoms with E-state index in [0.29, 0.717) is 19.4 Å². The lowest BCUT2D eigenvalue weighted by molar-refractivity contribution is -0.140. The average Bonchev–Trinajstić information content (AvgIpc) is 2.72. The van der Waals surface area contributed by atoms with E-state index in [9.17, 15) is 26.0 Å². The van der Waals surface area contributed by atoms with Crippen LogP contribution in [0.1, 0.15) is 32.1 Å². The Kier molecular flexibility index (Phi) is 7.16. The van der Waals surface area contributed by atoms with E-state index in [4.69, 9.17) is 0 Å². The van der Waals surface area contributed by atoms with Crippen molar-refractivity contribution in [3.8, 4) is 0 Å². The Balaban J connectivity index is 1.62. The third-order valence-electron chi connectivity index (χ3n) is 5.75. The fourth-order valence-electron chi connectivity index (χ4n) is 4.08. The Labute approximate surface area is 177 Å². The zero-order valence-electron chi connectivity index (χ0n) is 17.0. The second kappa shape index (κ2) is 9.29. The number of likely N-dealkylation sites (tertiary alicyclic amines) is 1. The molecule has 3 rings (SSSR count). The summed E-state index contributed by atoms with van der Waals surface area (Å²) in [5, 5.41) is 0. The minimum absolute atomic E-state index is 0.0335. The molecule has 1 N–H and O–H groups in total. The summed E-state index contributed by atoms with van der Waals surface area (Å²) in [7, 11) is -7.06. The quantitative estimate of drug-likeness (QED) is 0.685. The monoisotopic (exact) mass is 461 g/mol. The number of sulfonamides is 2. The van der Waals surface area contributed by atoms with Crippen molar-refractivity contribution in [1.29, 1.82) is 0 Å². The van der Waals surface area contributed by atoms with Gasteiger partial charge in [-0.2, -0.15) is 4.31 Å². The molecule has 1 aromatic rings. The molecule has 0 unspecified atom stereocenters. The highest BCUT2D eigenvalue weighted by atomic mass is 32.2. The highest BCUT2D eigenvalue weighted by Gasteiger charge is 2.36. The van der Waals surface area contributed by atoms with E-state index >= 15 is 0 Å². The van der Waals surface area contributed by atoms with Crippen LogP contribution < -0.4 is 4.72 Å². The molecule has 2 aliphatic heterocycles. The van der Waals surface area contributed by atoms with Gasteiger partial charge < -0.3 is 4.90 Å². The van der Waals surface area contributed by atoms with Crippen molar-refractivity contribution in [2.75, 3.05) is 32.4 Å². The van der Waals surface area contributed by atoms with Gasteiger partial charge in [-0.05, 0) is 56.4 Å². The molecule has 0 saturated carbocycles. The second-order valence-electron chi connectivity index (χ2n) is 7.93. The summed E-state index contributed by atoms with van der Waals surface area (Å²) in [6.45, 7) is 1.22. The van der Waals surface area contributed by atoms with Gasteiger partial charge in [0.25, 0.3) is 0 Å². The SMILES string of the molecule is CS(=O)(=O)NC[C@H]1CCCCN1C(=O)C1CCN(S(=O)(=O)c2ccc(F)cc2)CC1. The Bertz CT molecular complexity index is 958. The first-order chi connectivity index (χ1) is 14.1. The van der Waals surface area contributed by atoms with Gasteiger partial charge >= 0.3 is 0 Å². The van der Waals surface area contributed by atoms with Gasteiger partial charge in [0.2, 0.25) is 26.0 Å². The maximum atomic E-state index is 13.1. The topological polar surface area (TPSA) is 104 Å². The van der Waals surface area contributed by atoms with Crippen LogP contribution in [0.5, 0.6) is 0 Å². The Morgan fingerprint density at radius 2 is 1.67 bits per heavy atom. The lowest BCUT2D eigenvalue weighted by Crippen LogP contribution is -2.52. The fourth-order valence-corrected chi connectivity index (χ4v) is 6.05. The number of nitrogens with one attached hydrogen (secondary N) is 1. The maximum Gasteiger partial charge on any atom is 0.243 e. The molecule has 8 nitrogen and oxygen atoms in total. The minimum atomic E-state index is -3.72. The number of halogens is 1. The van der Waals surface area contributed by atoms with E-state index in [2.05, 4.69) is 4.72 Å². The molecular formula is C19H28FN3O5S2. The van der Waals surface area contributed by atoms with Crippen LogP contribution in [0.4, 0.5) is 4.39 Å². The molecule has 11 heteroatoms. The summed E-state index contributed by atoms with van der Waals surface area (Å²) in [5.41, 5.74) is 0. The zero-order valence-corrected chi connectivity index (χ0v) is 18.6. The molecule has 1 amide bonds. The number of carbonyl (C=O) groups is 1. The summed E-state index contributed by atoms with van der Waals surface area (Å²) >= 11 is 0. The average molecular weight is 462 g/mol. The molecule has 0 aliphatic carbocycles. The maximum absolute atomic E-state index is 13.1. The Morgan fingerprint density at radius 1 is 1.03 bits per heavy atom. The Hall–Kier alpha value is -1.56. The number of carbonyl (C=O) groups excluding carboxylic acids is 1. The van der Waals surface area contributed by atoms with Crippen LogP contribution in [-0.2, 0) is 24.8 Å². The number of hydrogen-bond donors (Lipinski definition) is 1. The summed E-state index contributed by atoms with van der Waals surface area (Å²) < 4.78 is 65.3. The molecule has 2 fully saturated rings. The predicted molar refractivity (Wildman–Crippen MR) is 110 cm³/mol. The Morgan fingerprint density at radius 3 is 2.27 bits per heavy atom. The van der Waals surface area contributed by atoms with Gasteiger partial charge in [0, 0.05) is 38.1 Å². The molecule has 168 valence electrons. The molecule has 0 radical (unpaired) electrons. The van der Waals surface area contributed by atoms with Crippen molar-refractivity contribution in [2.45, 2.75) is 43.0 Å². The van der Waals surface area contributed by atoms with E-state index < -0.39 is 25.9 Å². The summed E-state index contributed by atoms with van der Waals surface area (Å²) in [6.07, 6.45) is 4.46. The molecule has 0 bridgehead atoms. The normalized spacial score (nSPS) is 22.2. The van der Waals surface area contributed by atoms with Gasteiger partial charge in [-0.25, -0.2) is 25.9 Å². The van der Waals surface area contributed by atoms with Crippen LogP contribution in [0, 0.1) is 11.7 Å². The van der Waals surface area contributed by atoms with E-state index in [1.807, 2.05) is 0 Å². The number of nitrogens with zero attached hydrogens (tertiary/aromatic N) is 2. The number of piperidine rings is 2. The number of amides is 1. The van der Waals surface area contributed by atoms with Crippen LogP contribution in [-0.4, -0.2) is 70.4 Å². The summed E-state index contributed by atoms with van der Waals surface area (Å²) in [5.74, 6) is -0.822. The van der Waals surface area contributed by atoms with Crippen LogP contribution >= 0.6 is 0 Å². The lowest BCUT2D eigenvalue weighted by Gasteiger charge is -2.39. The highest BCUT2D eigenvalue weighted by molar-refractivity contribution is 7.89. The number of benzene rings is 1. The minimum Gasteiger partial charge on any atom is -0.338 e. The number of rotatable bonds is 6. The third kappa shape index (κ3) is 5.57. The van der Waals surface area contributed by atoms with Gasteiger partial charge in [-0.1, -0.05) is 0 Å². The summed E-state index contributed by atoms with van der Waals surface area (Å²) in [4.78, 5) is 14.9. The third-order valence-corrected chi connectivity index (χ3v) is 8.35. The molecule has 30 heavy (non-hydrogen) atoms. The number of hydrogen-bond acceptors (Lipinski definition) is 5. The van der Waals surface area contributed by atoms with Gasteiger partial charge in [0.15, 0.2) is 0 Å². The van der Waals surface area contributed by atoms with E-state index in [-0.39, 0.29) is 42.4 Å². The predicted octanol–water partition coefficient (Wildman–Crippen LogP) is 1.16. The van der Waals surface area contributed by atoms with Crippen molar-refractivity contribution in [3.63, 3.8) is 0 Å². The fraction of sp³-hybridized carbons (Fsp3) is 0.632. The van der Waals surface area contributed by atoms with Gasteiger partial charge in [-0.15, -0.1) is 0 Å². The standard InChI is InChI=1S/C19H28FN3O5S2/c1-29(25,26)21-14-17-4-2-3-11-23(17)19(24)15-9-12-22(13-10-15)30(27,28)18-7-5-16(20)6-8-18/h5-8,15,17,21H,2-4,9-14H2,1H3/t17-/m1/s1. The smallest absolute Gasteiger partial charge is 0.243 e.